The highest BCUT2D eigenvalue weighted by atomic mass is 16.5. The SMILES string of the molecule is COc1ccc2cc([C@H](C)NCc3cc(OC)c(OC)cc3OC)ccc2c1. The lowest BCUT2D eigenvalue weighted by Gasteiger charge is -2.18. The Labute approximate surface area is 166 Å². The summed E-state index contributed by atoms with van der Waals surface area (Å²) in [7, 11) is 6.59. The van der Waals surface area contributed by atoms with Crippen LogP contribution in [0.15, 0.2) is 48.5 Å². The van der Waals surface area contributed by atoms with E-state index in [4.69, 9.17) is 18.9 Å². The third kappa shape index (κ3) is 4.15. The second-order valence-corrected chi connectivity index (χ2v) is 6.59. The van der Waals surface area contributed by atoms with Gasteiger partial charge >= 0.3 is 0 Å². The van der Waals surface area contributed by atoms with Gasteiger partial charge in [-0.1, -0.05) is 18.2 Å². The zero-order valence-electron chi connectivity index (χ0n) is 17.0. The molecule has 3 rings (SSSR count). The van der Waals surface area contributed by atoms with Crippen molar-refractivity contribution in [3.05, 3.63) is 59.7 Å². The van der Waals surface area contributed by atoms with Crippen LogP contribution < -0.4 is 24.3 Å². The first kappa shape index (κ1) is 19.8. The van der Waals surface area contributed by atoms with Crippen LogP contribution in [-0.4, -0.2) is 28.4 Å². The first-order valence-corrected chi connectivity index (χ1v) is 9.19. The van der Waals surface area contributed by atoms with Crippen molar-refractivity contribution in [1.82, 2.24) is 5.32 Å². The molecule has 0 bridgehead atoms. The van der Waals surface area contributed by atoms with Crippen LogP contribution >= 0.6 is 0 Å². The van der Waals surface area contributed by atoms with Crippen LogP contribution in [0.25, 0.3) is 10.8 Å². The Hall–Kier alpha value is -2.92. The number of benzene rings is 3. The van der Waals surface area contributed by atoms with E-state index < -0.39 is 0 Å². The first-order chi connectivity index (χ1) is 13.6. The Morgan fingerprint density at radius 3 is 2.04 bits per heavy atom. The molecule has 28 heavy (non-hydrogen) atoms. The molecule has 148 valence electrons. The van der Waals surface area contributed by atoms with Gasteiger partial charge in [0.2, 0.25) is 0 Å². The summed E-state index contributed by atoms with van der Waals surface area (Å²) in [5.41, 5.74) is 2.23. The molecule has 0 aliphatic rings. The molecule has 0 saturated heterocycles. The van der Waals surface area contributed by atoms with Gasteiger partial charge in [0.05, 0.1) is 28.4 Å². The molecule has 0 aromatic heterocycles. The van der Waals surface area contributed by atoms with Crippen LogP contribution in [0.1, 0.15) is 24.1 Å². The van der Waals surface area contributed by atoms with Gasteiger partial charge in [-0.05, 0) is 47.5 Å². The molecule has 5 nitrogen and oxygen atoms in total. The smallest absolute Gasteiger partial charge is 0.164 e. The molecule has 0 aliphatic carbocycles. The summed E-state index contributed by atoms with van der Waals surface area (Å²) in [5.74, 6) is 2.98. The van der Waals surface area contributed by atoms with Crippen LogP contribution in [0.3, 0.4) is 0 Å². The van der Waals surface area contributed by atoms with Crippen molar-refractivity contribution in [2.24, 2.45) is 0 Å². The van der Waals surface area contributed by atoms with Gasteiger partial charge in [-0.2, -0.15) is 0 Å². The highest BCUT2D eigenvalue weighted by Gasteiger charge is 2.13. The largest absolute Gasteiger partial charge is 0.497 e. The van der Waals surface area contributed by atoms with E-state index in [1.165, 1.54) is 10.9 Å². The van der Waals surface area contributed by atoms with Crippen molar-refractivity contribution >= 4 is 10.8 Å². The summed E-state index contributed by atoms with van der Waals surface area (Å²) in [6, 6.07) is 16.6. The van der Waals surface area contributed by atoms with E-state index in [0.29, 0.717) is 18.0 Å². The van der Waals surface area contributed by atoms with Gasteiger partial charge in [0, 0.05) is 24.2 Å². The minimum atomic E-state index is 0.171. The highest BCUT2D eigenvalue weighted by Crippen LogP contribution is 2.35. The number of fused-ring (bicyclic) bond motifs is 1. The van der Waals surface area contributed by atoms with E-state index in [-0.39, 0.29) is 6.04 Å². The average Bonchev–Trinajstić information content (AvgIpc) is 2.75. The fraction of sp³-hybridized carbons (Fsp3) is 0.304. The molecule has 1 atom stereocenters. The summed E-state index contributed by atoms with van der Waals surface area (Å²) in [5, 5.41) is 5.92. The third-order valence-corrected chi connectivity index (χ3v) is 4.96. The zero-order chi connectivity index (χ0) is 20.1. The fourth-order valence-electron chi connectivity index (χ4n) is 3.25. The summed E-state index contributed by atoms with van der Waals surface area (Å²) in [4.78, 5) is 0. The zero-order valence-corrected chi connectivity index (χ0v) is 17.0. The number of ether oxygens (including phenoxy) is 4. The molecule has 0 radical (unpaired) electrons. The normalized spacial score (nSPS) is 11.9. The van der Waals surface area contributed by atoms with Crippen LogP contribution in [0.2, 0.25) is 0 Å². The predicted octanol–water partition coefficient (Wildman–Crippen LogP) is 4.73. The summed E-state index contributed by atoms with van der Waals surface area (Å²) < 4.78 is 21.6. The van der Waals surface area contributed by atoms with Crippen molar-refractivity contribution < 1.29 is 18.9 Å². The van der Waals surface area contributed by atoms with Gasteiger partial charge in [-0.15, -0.1) is 0 Å². The Balaban J connectivity index is 1.78. The Morgan fingerprint density at radius 2 is 1.36 bits per heavy atom. The average molecular weight is 381 g/mol. The molecular weight excluding hydrogens is 354 g/mol. The van der Waals surface area contributed by atoms with Gasteiger partial charge in [-0.3, -0.25) is 0 Å². The Morgan fingerprint density at radius 1 is 0.714 bits per heavy atom. The number of methoxy groups -OCH3 is 4. The van der Waals surface area contributed by atoms with Crippen molar-refractivity contribution in [1.29, 1.82) is 0 Å². The number of rotatable bonds is 8. The molecule has 0 amide bonds. The third-order valence-electron chi connectivity index (χ3n) is 4.96. The highest BCUT2D eigenvalue weighted by molar-refractivity contribution is 5.84. The molecule has 0 spiro atoms. The molecule has 0 unspecified atom stereocenters. The van der Waals surface area contributed by atoms with Gasteiger partial charge in [0.15, 0.2) is 11.5 Å². The van der Waals surface area contributed by atoms with Crippen LogP contribution in [0.4, 0.5) is 0 Å². The Kier molecular flexibility index (Phi) is 6.26. The van der Waals surface area contributed by atoms with Crippen LogP contribution in [0.5, 0.6) is 23.0 Å². The van der Waals surface area contributed by atoms with Gasteiger partial charge < -0.3 is 24.3 Å². The standard InChI is InChI=1S/C23H27NO4/c1-15(16-6-7-18-11-20(25-2)9-8-17(18)10-16)24-14-19-12-22(27-4)23(28-5)13-21(19)26-3/h6-13,15,24H,14H2,1-5H3/t15-/m0/s1. The van der Waals surface area contributed by atoms with E-state index in [1.54, 1.807) is 28.4 Å². The van der Waals surface area contributed by atoms with Crippen molar-refractivity contribution in [3.63, 3.8) is 0 Å². The molecular formula is C23H27NO4. The molecule has 3 aromatic rings. The maximum absolute atomic E-state index is 5.52. The molecule has 0 saturated carbocycles. The van der Waals surface area contributed by atoms with Gasteiger partial charge in [0.1, 0.15) is 11.5 Å². The van der Waals surface area contributed by atoms with Crippen molar-refractivity contribution in [3.8, 4) is 23.0 Å². The molecule has 0 fully saturated rings. The van der Waals surface area contributed by atoms with Gasteiger partial charge in [-0.25, -0.2) is 0 Å². The van der Waals surface area contributed by atoms with Crippen molar-refractivity contribution in [2.75, 3.05) is 28.4 Å². The Bertz CT molecular complexity index is 955. The molecule has 1 N–H and O–H groups in total. The fourth-order valence-corrected chi connectivity index (χ4v) is 3.25. The lowest BCUT2D eigenvalue weighted by atomic mass is 10.0. The van der Waals surface area contributed by atoms with E-state index >= 15 is 0 Å². The van der Waals surface area contributed by atoms with Crippen LogP contribution in [0, 0.1) is 0 Å². The van der Waals surface area contributed by atoms with E-state index in [9.17, 15) is 0 Å². The number of hydrogen-bond donors (Lipinski definition) is 1. The van der Waals surface area contributed by atoms with E-state index in [1.807, 2.05) is 24.3 Å². The summed E-state index contributed by atoms with van der Waals surface area (Å²) in [6.45, 7) is 2.79. The minimum Gasteiger partial charge on any atom is -0.497 e. The molecule has 3 aromatic carbocycles. The lowest BCUT2D eigenvalue weighted by molar-refractivity contribution is 0.346. The second-order valence-electron chi connectivity index (χ2n) is 6.59. The second kappa shape index (κ2) is 8.85. The topological polar surface area (TPSA) is 49.0 Å². The maximum Gasteiger partial charge on any atom is 0.164 e. The quantitative estimate of drug-likeness (QED) is 0.612. The maximum atomic E-state index is 5.52. The van der Waals surface area contributed by atoms with Crippen LogP contribution in [-0.2, 0) is 6.54 Å². The summed E-state index contributed by atoms with van der Waals surface area (Å²) in [6.07, 6.45) is 0. The monoisotopic (exact) mass is 381 g/mol. The molecule has 5 heteroatoms. The molecule has 0 heterocycles. The lowest BCUT2D eigenvalue weighted by Crippen LogP contribution is -2.18. The first-order valence-electron chi connectivity index (χ1n) is 9.19. The van der Waals surface area contributed by atoms with Crippen molar-refractivity contribution in [2.45, 2.75) is 19.5 Å². The summed E-state index contributed by atoms with van der Waals surface area (Å²) >= 11 is 0. The van der Waals surface area contributed by atoms with E-state index in [2.05, 4.69) is 36.5 Å². The molecule has 0 aliphatic heterocycles. The predicted molar refractivity (Wildman–Crippen MR) is 112 cm³/mol. The van der Waals surface area contributed by atoms with E-state index in [0.717, 1.165) is 22.4 Å². The van der Waals surface area contributed by atoms with Gasteiger partial charge in [0.25, 0.3) is 0 Å². The number of hydrogen-bond acceptors (Lipinski definition) is 5. The number of nitrogens with one attached hydrogen (secondary N) is 1. The minimum absolute atomic E-state index is 0.171.